The van der Waals surface area contributed by atoms with Crippen molar-refractivity contribution in [3.63, 3.8) is 0 Å². The van der Waals surface area contributed by atoms with E-state index in [1.807, 2.05) is 0 Å². The van der Waals surface area contributed by atoms with Gasteiger partial charge in [-0.15, -0.1) is 0 Å². The van der Waals surface area contributed by atoms with Crippen LogP contribution in [0.1, 0.15) is 0 Å². The summed E-state index contributed by atoms with van der Waals surface area (Å²) in [5, 5.41) is 0. The molecule has 0 N–H and O–H groups in total. The molecule has 1 aliphatic rings. The topological polar surface area (TPSA) is 35.5 Å². The van der Waals surface area contributed by atoms with Crippen LogP contribution in [0.15, 0.2) is 0 Å². The number of alkyl halides is 1. The number of rotatable bonds is 0. The lowest BCUT2D eigenvalue weighted by Gasteiger charge is -1.85. The highest BCUT2D eigenvalue weighted by Crippen LogP contribution is 2.05. The zero-order chi connectivity index (χ0) is 5.28. The Balaban J connectivity index is 0.000000490. The number of cyclic esters (lactones) is 2. The molecule has 1 unspecified atom stereocenters. The lowest BCUT2D eigenvalue weighted by atomic mass is 10.8. The number of halogens is 1. The number of hydrogen-bond donors (Lipinski definition) is 0. The second-order valence-electron chi connectivity index (χ2n) is 1.09. The maximum atomic E-state index is 11.6. The van der Waals surface area contributed by atoms with Gasteiger partial charge in [0.25, 0.3) is 6.36 Å². The lowest BCUT2D eigenvalue weighted by molar-refractivity contribution is 0.0573. The Kier molecular flexibility index (Phi) is 2.46. The second-order valence-corrected chi connectivity index (χ2v) is 1.09. The molecule has 0 aromatic carbocycles. The molecule has 1 fully saturated rings. The van der Waals surface area contributed by atoms with Crippen molar-refractivity contribution in [3.05, 3.63) is 0 Å². The van der Waals surface area contributed by atoms with Crippen LogP contribution in [-0.4, -0.2) is 30.1 Å². The Morgan fingerprint density at radius 2 is 2.38 bits per heavy atom. The molecule has 1 heterocycles. The van der Waals surface area contributed by atoms with Gasteiger partial charge in [0.15, 0.2) is 6.61 Å². The van der Waals surface area contributed by atoms with Gasteiger partial charge in [-0.05, 0) is 0 Å². The van der Waals surface area contributed by atoms with Crippen molar-refractivity contribution in [1.82, 2.24) is 0 Å². The largest absolute Gasteiger partial charge is 0.511 e. The second kappa shape index (κ2) is 2.66. The molecule has 0 aromatic heterocycles. The van der Waals surface area contributed by atoms with Crippen LogP contribution in [0, 0.1) is 0 Å². The van der Waals surface area contributed by atoms with Crippen molar-refractivity contribution < 1.29 is 18.7 Å². The van der Waals surface area contributed by atoms with Gasteiger partial charge in [0.05, 0.1) is 0 Å². The smallest absolute Gasteiger partial charge is 0.427 e. The summed E-state index contributed by atoms with van der Waals surface area (Å²) in [6, 6.07) is 0. The standard InChI is InChI=1S/C3H3FO3.Si/c4-2-1-6-3(5)7-2;/h2H,1H2;. The average molecular weight is 134 g/mol. The van der Waals surface area contributed by atoms with Crippen molar-refractivity contribution in [3.8, 4) is 0 Å². The third kappa shape index (κ3) is 1.49. The molecule has 1 rings (SSSR count). The molecule has 1 atom stereocenters. The third-order valence-corrected chi connectivity index (χ3v) is 0.556. The molecule has 0 aromatic rings. The van der Waals surface area contributed by atoms with Crippen LogP contribution >= 0.6 is 0 Å². The van der Waals surface area contributed by atoms with E-state index < -0.39 is 12.5 Å². The molecule has 1 aliphatic heterocycles. The summed E-state index contributed by atoms with van der Waals surface area (Å²) in [6.45, 7) is -0.265. The van der Waals surface area contributed by atoms with Crippen LogP contribution in [0.5, 0.6) is 0 Å². The highest BCUT2D eigenvalue weighted by molar-refractivity contribution is 5.75. The minimum absolute atomic E-state index is 0. The third-order valence-electron chi connectivity index (χ3n) is 0.556. The average Bonchev–Trinajstić information content (AvgIpc) is 1.87. The molecule has 4 radical (unpaired) electrons. The first-order valence-corrected chi connectivity index (χ1v) is 1.76. The van der Waals surface area contributed by atoms with E-state index in [9.17, 15) is 9.18 Å². The summed E-state index contributed by atoms with van der Waals surface area (Å²) in [6.07, 6.45) is -2.47. The Labute approximate surface area is 49.8 Å². The first-order valence-electron chi connectivity index (χ1n) is 1.76. The molecule has 5 heteroatoms. The fraction of sp³-hybridized carbons (Fsp3) is 0.667. The predicted molar refractivity (Wildman–Crippen MR) is 23.1 cm³/mol. The Morgan fingerprint density at radius 3 is 2.50 bits per heavy atom. The predicted octanol–water partition coefficient (Wildman–Crippen LogP) is 0.0680. The molecule has 1 saturated heterocycles. The van der Waals surface area contributed by atoms with Gasteiger partial charge < -0.3 is 9.47 Å². The van der Waals surface area contributed by atoms with Crippen molar-refractivity contribution in [1.29, 1.82) is 0 Å². The quantitative estimate of drug-likeness (QED) is 0.347. The van der Waals surface area contributed by atoms with Crippen LogP contribution in [0.2, 0.25) is 0 Å². The van der Waals surface area contributed by atoms with Crippen molar-refractivity contribution in [2.24, 2.45) is 0 Å². The van der Waals surface area contributed by atoms with Crippen molar-refractivity contribution >= 4 is 17.1 Å². The van der Waals surface area contributed by atoms with Gasteiger partial charge in [0.2, 0.25) is 0 Å². The Bertz CT molecular complexity index is 96.5. The summed E-state index contributed by atoms with van der Waals surface area (Å²) in [5.41, 5.74) is 0. The molecule has 3 nitrogen and oxygen atoms in total. The van der Waals surface area contributed by atoms with Crippen molar-refractivity contribution in [2.45, 2.75) is 6.36 Å². The van der Waals surface area contributed by atoms with Gasteiger partial charge >= 0.3 is 6.16 Å². The number of hydrogen-bond acceptors (Lipinski definition) is 3. The highest BCUT2D eigenvalue weighted by Gasteiger charge is 2.23. The van der Waals surface area contributed by atoms with E-state index in [-0.39, 0.29) is 17.6 Å². The monoisotopic (exact) mass is 134 g/mol. The van der Waals surface area contributed by atoms with Crippen LogP contribution in [0.25, 0.3) is 0 Å². The normalized spacial score (nSPS) is 25.6. The molecule has 8 heavy (non-hydrogen) atoms. The van der Waals surface area contributed by atoms with E-state index >= 15 is 0 Å². The van der Waals surface area contributed by atoms with Gasteiger partial charge in [0, 0.05) is 11.0 Å². The molecular formula is C3H3FO3Si. The number of carbonyl (C=O) groups is 1. The molecule has 0 bridgehead atoms. The molecule has 0 spiro atoms. The Morgan fingerprint density at radius 1 is 1.75 bits per heavy atom. The van der Waals surface area contributed by atoms with Crippen LogP contribution in [0.4, 0.5) is 9.18 Å². The summed E-state index contributed by atoms with van der Waals surface area (Å²) in [7, 11) is 0. The summed E-state index contributed by atoms with van der Waals surface area (Å²) < 4.78 is 19.5. The SMILES string of the molecule is O=C1OCC(F)O1.[Si]. The summed E-state index contributed by atoms with van der Waals surface area (Å²) in [4.78, 5) is 9.77. The van der Waals surface area contributed by atoms with E-state index in [0.717, 1.165) is 0 Å². The fourth-order valence-corrected chi connectivity index (χ4v) is 0.306. The minimum Gasteiger partial charge on any atom is -0.427 e. The molecule has 0 saturated carbocycles. The molecular weight excluding hydrogens is 131 g/mol. The van der Waals surface area contributed by atoms with Gasteiger partial charge in [-0.2, -0.15) is 4.39 Å². The Hall–Kier alpha value is -0.583. The lowest BCUT2D eigenvalue weighted by Crippen LogP contribution is -1.98. The molecule has 0 aliphatic carbocycles. The zero-order valence-corrected chi connectivity index (χ0v) is 4.89. The van der Waals surface area contributed by atoms with Crippen LogP contribution in [0.3, 0.4) is 0 Å². The number of ether oxygens (including phenoxy) is 2. The van der Waals surface area contributed by atoms with Gasteiger partial charge in [-0.25, -0.2) is 4.79 Å². The summed E-state index contributed by atoms with van der Waals surface area (Å²) >= 11 is 0. The van der Waals surface area contributed by atoms with Crippen LogP contribution < -0.4 is 0 Å². The van der Waals surface area contributed by atoms with E-state index in [4.69, 9.17) is 0 Å². The molecule has 0 amide bonds. The van der Waals surface area contributed by atoms with Gasteiger partial charge in [0.1, 0.15) is 0 Å². The van der Waals surface area contributed by atoms with E-state index in [1.54, 1.807) is 0 Å². The van der Waals surface area contributed by atoms with E-state index in [2.05, 4.69) is 9.47 Å². The van der Waals surface area contributed by atoms with Crippen LogP contribution in [-0.2, 0) is 9.47 Å². The van der Waals surface area contributed by atoms with E-state index in [1.165, 1.54) is 0 Å². The maximum absolute atomic E-state index is 11.6. The minimum atomic E-state index is -1.55. The molecule has 44 valence electrons. The first-order chi connectivity index (χ1) is 3.29. The number of carbonyl (C=O) groups excluding carboxylic acids is 1. The van der Waals surface area contributed by atoms with E-state index in [0.29, 0.717) is 0 Å². The zero-order valence-electron chi connectivity index (χ0n) is 3.89. The fourth-order valence-electron chi connectivity index (χ4n) is 0.306. The van der Waals surface area contributed by atoms with Gasteiger partial charge in [-0.3, -0.25) is 0 Å². The first kappa shape index (κ1) is 7.42. The van der Waals surface area contributed by atoms with Crippen molar-refractivity contribution in [2.75, 3.05) is 6.61 Å². The summed E-state index contributed by atoms with van der Waals surface area (Å²) in [5.74, 6) is 0. The van der Waals surface area contributed by atoms with Gasteiger partial charge in [-0.1, -0.05) is 0 Å². The maximum Gasteiger partial charge on any atom is 0.511 e. The highest BCUT2D eigenvalue weighted by atomic mass is 28.1.